The van der Waals surface area contributed by atoms with Crippen LogP contribution in [0.3, 0.4) is 0 Å². The minimum atomic E-state index is -0.145. The van der Waals surface area contributed by atoms with Crippen LogP contribution < -0.4 is 5.32 Å². The molecule has 1 N–H and O–H groups in total. The molecule has 0 fully saturated rings. The number of halogens is 3. The summed E-state index contributed by atoms with van der Waals surface area (Å²) in [5, 5.41) is 7.01. The SMILES string of the molecule is O=C(CSc1ccc(Cl)cc1Cl)Nc1nc(-c2ccc(Cl)cc2)cs1. The molecule has 8 heteroatoms. The zero-order chi connectivity index (χ0) is 17.8. The first-order chi connectivity index (χ1) is 12.0. The number of nitrogens with one attached hydrogen (secondary N) is 1. The summed E-state index contributed by atoms with van der Waals surface area (Å²) >= 11 is 20.6. The van der Waals surface area contributed by atoms with Gasteiger partial charge in [-0.2, -0.15) is 0 Å². The van der Waals surface area contributed by atoms with Gasteiger partial charge in [0.2, 0.25) is 5.91 Å². The molecular formula is C17H11Cl3N2OS2. The van der Waals surface area contributed by atoms with E-state index in [-0.39, 0.29) is 11.7 Å². The number of rotatable bonds is 5. The Labute approximate surface area is 168 Å². The Morgan fingerprint density at radius 1 is 1.08 bits per heavy atom. The molecule has 128 valence electrons. The van der Waals surface area contributed by atoms with Gasteiger partial charge in [-0.3, -0.25) is 4.79 Å². The van der Waals surface area contributed by atoms with E-state index < -0.39 is 0 Å². The van der Waals surface area contributed by atoms with Crippen molar-refractivity contribution in [2.45, 2.75) is 4.90 Å². The van der Waals surface area contributed by atoms with Crippen LogP contribution in [0.15, 0.2) is 52.7 Å². The van der Waals surface area contributed by atoms with E-state index in [9.17, 15) is 4.79 Å². The van der Waals surface area contributed by atoms with Gasteiger partial charge in [-0.25, -0.2) is 4.98 Å². The van der Waals surface area contributed by atoms with Crippen LogP contribution in [0.4, 0.5) is 5.13 Å². The fourth-order valence-electron chi connectivity index (χ4n) is 1.98. The average Bonchev–Trinajstić information content (AvgIpc) is 3.03. The standard InChI is InChI=1S/C17H11Cl3N2OS2/c18-11-3-1-10(2-4-11)14-8-25-17(21-14)22-16(23)9-24-15-6-5-12(19)7-13(15)20/h1-8H,9H2,(H,21,22,23). The number of hydrogen-bond acceptors (Lipinski definition) is 4. The van der Waals surface area contributed by atoms with Crippen LogP contribution in [-0.2, 0) is 4.79 Å². The highest BCUT2D eigenvalue weighted by atomic mass is 35.5. The van der Waals surface area contributed by atoms with Crippen LogP contribution in [0.1, 0.15) is 0 Å². The van der Waals surface area contributed by atoms with E-state index in [1.54, 1.807) is 30.3 Å². The van der Waals surface area contributed by atoms with Crippen molar-refractivity contribution in [2.24, 2.45) is 0 Å². The molecule has 0 bridgehead atoms. The van der Waals surface area contributed by atoms with Gasteiger partial charge in [0, 0.05) is 25.9 Å². The summed E-state index contributed by atoms with van der Waals surface area (Å²) in [5.74, 6) is 0.0880. The summed E-state index contributed by atoms with van der Waals surface area (Å²) in [7, 11) is 0. The quantitative estimate of drug-likeness (QED) is 0.471. The van der Waals surface area contributed by atoms with Crippen molar-refractivity contribution >= 4 is 68.9 Å². The van der Waals surface area contributed by atoms with Crippen molar-refractivity contribution in [2.75, 3.05) is 11.1 Å². The number of amides is 1. The largest absolute Gasteiger partial charge is 0.301 e. The summed E-state index contributed by atoms with van der Waals surface area (Å²) < 4.78 is 0. The normalized spacial score (nSPS) is 10.7. The van der Waals surface area contributed by atoms with E-state index in [0.717, 1.165) is 16.2 Å². The minimum absolute atomic E-state index is 0.145. The van der Waals surface area contributed by atoms with Gasteiger partial charge in [-0.05, 0) is 30.3 Å². The Morgan fingerprint density at radius 3 is 2.52 bits per heavy atom. The van der Waals surface area contributed by atoms with Crippen molar-refractivity contribution in [1.29, 1.82) is 0 Å². The second kappa shape index (κ2) is 8.43. The van der Waals surface area contributed by atoms with Gasteiger partial charge >= 0.3 is 0 Å². The van der Waals surface area contributed by atoms with Crippen molar-refractivity contribution in [1.82, 2.24) is 4.98 Å². The maximum atomic E-state index is 12.1. The number of thioether (sulfide) groups is 1. The lowest BCUT2D eigenvalue weighted by Crippen LogP contribution is -2.13. The summed E-state index contributed by atoms with van der Waals surface area (Å²) in [6, 6.07) is 12.6. The molecule has 0 saturated carbocycles. The highest BCUT2D eigenvalue weighted by Crippen LogP contribution is 2.30. The molecule has 0 saturated heterocycles. The van der Waals surface area contributed by atoms with E-state index in [2.05, 4.69) is 10.3 Å². The molecule has 0 aliphatic heterocycles. The lowest BCUT2D eigenvalue weighted by atomic mass is 10.2. The van der Waals surface area contributed by atoms with Gasteiger partial charge in [0.1, 0.15) is 0 Å². The van der Waals surface area contributed by atoms with E-state index >= 15 is 0 Å². The molecule has 1 heterocycles. The first-order valence-electron chi connectivity index (χ1n) is 7.10. The Balaban J connectivity index is 1.59. The zero-order valence-corrected chi connectivity index (χ0v) is 16.5. The number of anilines is 1. The molecule has 0 radical (unpaired) electrons. The maximum absolute atomic E-state index is 12.1. The van der Waals surface area contributed by atoms with Crippen molar-refractivity contribution < 1.29 is 4.79 Å². The lowest BCUT2D eigenvalue weighted by molar-refractivity contribution is -0.113. The first kappa shape index (κ1) is 18.5. The molecule has 0 atom stereocenters. The highest BCUT2D eigenvalue weighted by Gasteiger charge is 2.10. The van der Waals surface area contributed by atoms with Gasteiger partial charge in [-0.15, -0.1) is 23.1 Å². The minimum Gasteiger partial charge on any atom is -0.301 e. The molecular weight excluding hydrogens is 419 g/mol. The Bertz CT molecular complexity index is 897. The van der Waals surface area contributed by atoms with E-state index in [0.29, 0.717) is 20.2 Å². The monoisotopic (exact) mass is 428 g/mol. The maximum Gasteiger partial charge on any atom is 0.236 e. The third-order valence-corrected chi connectivity index (χ3v) is 5.89. The summed E-state index contributed by atoms with van der Waals surface area (Å²) in [6.07, 6.45) is 0. The first-order valence-corrected chi connectivity index (χ1v) is 10.1. The third-order valence-electron chi connectivity index (χ3n) is 3.14. The number of nitrogens with zero attached hydrogens (tertiary/aromatic N) is 1. The van der Waals surface area contributed by atoms with E-state index in [1.807, 2.05) is 17.5 Å². The Morgan fingerprint density at radius 2 is 1.80 bits per heavy atom. The van der Waals surface area contributed by atoms with Crippen LogP contribution in [0, 0.1) is 0 Å². The third kappa shape index (κ3) is 5.12. The number of hydrogen-bond donors (Lipinski definition) is 1. The smallest absolute Gasteiger partial charge is 0.236 e. The molecule has 3 rings (SSSR count). The molecule has 2 aromatic carbocycles. The molecule has 0 aliphatic rings. The number of thiazole rings is 1. The van der Waals surface area contributed by atoms with Crippen LogP contribution in [0.25, 0.3) is 11.3 Å². The topological polar surface area (TPSA) is 42.0 Å². The lowest BCUT2D eigenvalue weighted by Gasteiger charge is -2.04. The fourth-order valence-corrected chi connectivity index (χ4v) is 4.13. The predicted molar refractivity (Wildman–Crippen MR) is 108 cm³/mol. The molecule has 1 amide bonds. The van der Waals surface area contributed by atoms with Gasteiger partial charge in [0.25, 0.3) is 0 Å². The van der Waals surface area contributed by atoms with Crippen LogP contribution in [0.5, 0.6) is 0 Å². The number of carbonyl (C=O) groups excluding carboxylic acids is 1. The van der Waals surface area contributed by atoms with Gasteiger partial charge in [-0.1, -0.05) is 46.9 Å². The number of aromatic nitrogens is 1. The molecule has 3 nitrogen and oxygen atoms in total. The molecule has 3 aromatic rings. The van der Waals surface area contributed by atoms with E-state index in [1.165, 1.54) is 23.1 Å². The molecule has 0 unspecified atom stereocenters. The molecule has 0 aliphatic carbocycles. The van der Waals surface area contributed by atoms with Crippen molar-refractivity contribution in [3.63, 3.8) is 0 Å². The Hall–Kier alpha value is -1.24. The molecule has 25 heavy (non-hydrogen) atoms. The van der Waals surface area contributed by atoms with E-state index in [4.69, 9.17) is 34.8 Å². The summed E-state index contributed by atoms with van der Waals surface area (Å²) in [5.41, 5.74) is 1.74. The highest BCUT2D eigenvalue weighted by molar-refractivity contribution is 8.00. The number of carbonyl (C=O) groups is 1. The van der Waals surface area contributed by atoms with Gasteiger partial charge in [0.15, 0.2) is 5.13 Å². The van der Waals surface area contributed by atoms with Crippen molar-refractivity contribution in [3.05, 3.63) is 62.9 Å². The predicted octanol–water partition coefficient (Wildman–Crippen LogP) is 6.50. The summed E-state index contributed by atoms with van der Waals surface area (Å²) in [6.45, 7) is 0. The van der Waals surface area contributed by atoms with Crippen LogP contribution in [-0.4, -0.2) is 16.6 Å². The van der Waals surface area contributed by atoms with Crippen molar-refractivity contribution in [3.8, 4) is 11.3 Å². The van der Waals surface area contributed by atoms with Gasteiger partial charge in [0.05, 0.1) is 16.5 Å². The van der Waals surface area contributed by atoms with Gasteiger partial charge < -0.3 is 5.32 Å². The van der Waals surface area contributed by atoms with Crippen LogP contribution in [0.2, 0.25) is 15.1 Å². The van der Waals surface area contributed by atoms with Crippen LogP contribution >= 0.6 is 57.9 Å². The molecule has 1 aromatic heterocycles. The number of benzene rings is 2. The molecule has 0 spiro atoms. The zero-order valence-electron chi connectivity index (χ0n) is 12.6. The second-order valence-corrected chi connectivity index (χ2v) is 8.11. The average molecular weight is 430 g/mol. The Kier molecular flexibility index (Phi) is 6.25. The summed E-state index contributed by atoms with van der Waals surface area (Å²) in [4.78, 5) is 17.3. The fraction of sp³-hybridized carbons (Fsp3) is 0.0588. The second-order valence-electron chi connectivity index (χ2n) is 4.96.